The Kier molecular flexibility index (Phi) is 3.26. The van der Waals surface area contributed by atoms with Crippen molar-refractivity contribution in [3.63, 3.8) is 0 Å². The second kappa shape index (κ2) is 5.06. The van der Waals surface area contributed by atoms with Gasteiger partial charge in [0.1, 0.15) is 0 Å². The molecule has 0 radical (unpaired) electrons. The van der Waals surface area contributed by atoms with E-state index in [-0.39, 0.29) is 5.78 Å². The number of allylic oxidation sites excluding steroid dienone is 1. The number of fused-ring (bicyclic) bond motifs is 1. The number of thioether (sulfide) groups is 1. The van der Waals surface area contributed by atoms with Gasteiger partial charge in [-0.25, -0.2) is 0 Å². The Morgan fingerprint density at radius 1 is 0.895 bits per heavy atom. The Labute approximate surface area is 117 Å². The molecule has 0 fully saturated rings. The number of carbonyl (C=O) groups excluding carboxylic acids is 1. The molecule has 2 aromatic carbocycles. The van der Waals surface area contributed by atoms with Crippen LogP contribution < -0.4 is 0 Å². The molecule has 1 aliphatic rings. The zero-order valence-corrected chi connectivity index (χ0v) is 11.5. The van der Waals surface area contributed by atoms with E-state index >= 15 is 0 Å². The number of ketones is 1. The van der Waals surface area contributed by atoms with Crippen molar-refractivity contribution >= 4 is 28.0 Å². The summed E-state index contributed by atoms with van der Waals surface area (Å²) < 4.78 is 0. The number of benzene rings is 2. The van der Waals surface area contributed by atoms with Crippen LogP contribution in [0, 0.1) is 0 Å². The molecule has 0 aliphatic heterocycles. The van der Waals surface area contributed by atoms with Crippen LogP contribution in [0.3, 0.4) is 0 Å². The van der Waals surface area contributed by atoms with E-state index in [1.807, 2.05) is 54.6 Å². The highest BCUT2D eigenvalue weighted by Crippen LogP contribution is 2.44. The molecule has 0 atom stereocenters. The van der Waals surface area contributed by atoms with Gasteiger partial charge < -0.3 is 0 Å². The van der Waals surface area contributed by atoms with Crippen molar-refractivity contribution in [1.29, 1.82) is 0 Å². The van der Waals surface area contributed by atoms with Gasteiger partial charge in [0, 0.05) is 16.0 Å². The summed E-state index contributed by atoms with van der Waals surface area (Å²) in [5.41, 5.74) is 3.78. The molecule has 94 valence electrons. The summed E-state index contributed by atoms with van der Waals surface area (Å²) in [6, 6.07) is 17.8. The van der Waals surface area contributed by atoms with E-state index in [9.17, 15) is 4.79 Å². The third-order valence-corrected chi connectivity index (χ3v) is 4.22. The highest BCUT2D eigenvalue weighted by atomic mass is 32.2. The van der Waals surface area contributed by atoms with Gasteiger partial charge in [-0.15, -0.1) is 11.8 Å². The smallest absolute Gasteiger partial charge is 0.195 e. The molecule has 1 nitrogen and oxygen atoms in total. The molecule has 0 saturated carbocycles. The lowest BCUT2D eigenvalue weighted by atomic mass is 10.0. The van der Waals surface area contributed by atoms with E-state index in [2.05, 4.69) is 6.92 Å². The molecule has 0 heterocycles. The first-order valence-electron chi connectivity index (χ1n) is 6.39. The Balaban J connectivity index is 2.21. The zero-order valence-electron chi connectivity index (χ0n) is 10.7. The number of hydrogen-bond donors (Lipinski definition) is 0. The molecule has 19 heavy (non-hydrogen) atoms. The molecule has 0 amide bonds. The van der Waals surface area contributed by atoms with E-state index < -0.39 is 0 Å². The molecule has 0 unspecified atom stereocenters. The molecule has 0 N–H and O–H groups in total. The summed E-state index contributed by atoms with van der Waals surface area (Å²) in [5.74, 6) is 1.12. The minimum absolute atomic E-state index is 0.151. The maximum atomic E-state index is 12.6. The van der Waals surface area contributed by atoms with Crippen molar-refractivity contribution in [2.45, 2.75) is 6.92 Å². The van der Waals surface area contributed by atoms with Crippen LogP contribution in [0.4, 0.5) is 0 Å². The van der Waals surface area contributed by atoms with Crippen molar-refractivity contribution < 1.29 is 4.79 Å². The number of carbonyl (C=O) groups is 1. The van der Waals surface area contributed by atoms with Gasteiger partial charge in [-0.1, -0.05) is 61.5 Å². The molecule has 3 rings (SSSR count). The summed E-state index contributed by atoms with van der Waals surface area (Å²) >= 11 is 1.75. The summed E-state index contributed by atoms with van der Waals surface area (Å²) in [6.45, 7) is 2.12. The van der Waals surface area contributed by atoms with Crippen molar-refractivity contribution in [2.24, 2.45) is 0 Å². The average molecular weight is 266 g/mol. The molecule has 0 aromatic heterocycles. The first-order valence-corrected chi connectivity index (χ1v) is 7.38. The normalized spacial score (nSPS) is 13.8. The molecule has 0 spiro atoms. The van der Waals surface area contributed by atoms with Crippen LogP contribution in [0.25, 0.3) is 10.5 Å². The van der Waals surface area contributed by atoms with Gasteiger partial charge in [0.15, 0.2) is 5.78 Å². The van der Waals surface area contributed by atoms with Gasteiger partial charge in [-0.05, 0) is 16.9 Å². The Morgan fingerprint density at radius 2 is 1.53 bits per heavy atom. The predicted molar refractivity (Wildman–Crippen MR) is 82.2 cm³/mol. The Bertz CT molecular complexity index is 656. The van der Waals surface area contributed by atoms with Crippen LogP contribution in [-0.4, -0.2) is 11.5 Å². The first kappa shape index (κ1) is 12.2. The third kappa shape index (κ3) is 2.02. The van der Waals surface area contributed by atoms with Crippen molar-refractivity contribution in [3.05, 3.63) is 71.3 Å². The van der Waals surface area contributed by atoms with E-state index in [0.717, 1.165) is 32.9 Å². The fourth-order valence-electron chi connectivity index (χ4n) is 2.41. The standard InChI is InChI=1S/C17H14OS/c1-2-19-17-14-11-7-6-10-13(14)16(18)15(17)12-8-4-3-5-9-12/h3-11H,2H2,1H3. The van der Waals surface area contributed by atoms with Crippen LogP contribution in [0.15, 0.2) is 54.6 Å². The van der Waals surface area contributed by atoms with Crippen molar-refractivity contribution in [2.75, 3.05) is 5.75 Å². The van der Waals surface area contributed by atoms with Gasteiger partial charge in [0.05, 0.1) is 0 Å². The highest BCUT2D eigenvalue weighted by molar-refractivity contribution is 8.08. The fraction of sp³-hybridized carbons (Fsp3) is 0.118. The van der Waals surface area contributed by atoms with E-state index in [1.165, 1.54) is 0 Å². The lowest BCUT2D eigenvalue weighted by molar-refractivity contribution is 0.105. The molecule has 2 aromatic rings. The van der Waals surface area contributed by atoms with Gasteiger partial charge in [0.2, 0.25) is 0 Å². The van der Waals surface area contributed by atoms with Gasteiger partial charge in [-0.2, -0.15) is 0 Å². The van der Waals surface area contributed by atoms with Crippen LogP contribution >= 0.6 is 11.8 Å². The van der Waals surface area contributed by atoms with E-state index in [1.54, 1.807) is 11.8 Å². The quantitative estimate of drug-likeness (QED) is 0.813. The molecule has 0 bridgehead atoms. The molecular formula is C17H14OS. The van der Waals surface area contributed by atoms with Crippen molar-refractivity contribution in [1.82, 2.24) is 0 Å². The van der Waals surface area contributed by atoms with Crippen molar-refractivity contribution in [3.8, 4) is 0 Å². The minimum Gasteiger partial charge on any atom is -0.289 e. The largest absolute Gasteiger partial charge is 0.289 e. The third-order valence-electron chi connectivity index (χ3n) is 3.22. The summed E-state index contributed by atoms with van der Waals surface area (Å²) in [7, 11) is 0. The second-order valence-corrected chi connectivity index (χ2v) is 5.65. The summed E-state index contributed by atoms with van der Waals surface area (Å²) in [6.07, 6.45) is 0. The van der Waals surface area contributed by atoms with Gasteiger partial charge in [-0.3, -0.25) is 4.79 Å². The maximum absolute atomic E-state index is 12.6. The first-order chi connectivity index (χ1) is 9.33. The summed E-state index contributed by atoms with van der Waals surface area (Å²) in [5, 5.41) is 0. The predicted octanol–water partition coefficient (Wildman–Crippen LogP) is 4.50. The topological polar surface area (TPSA) is 17.1 Å². The maximum Gasteiger partial charge on any atom is 0.195 e. The number of Topliss-reactive ketones (excluding diaryl/α,β-unsaturated/α-hetero) is 1. The van der Waals surface area contributed by atoms with Crippen LogP contribution in [-0.2, 0) is 0 Å². The number of rotatable bonds is 3. The van der Waals surface area contributed by atoms with Crippen LogP contribution in [0.1, 0.15) is 28.4 Å². The van der Waals surface area contributed by atoms with Crippen LogP contribution in [0.2, 0.25) is 0 Å². The Morgan fingerprint density at radius 3 is 2.21 bits per heavy atom. The minimum atomic E-state index is 0.151. The van der Waals surface area contributed by atoms with Gasteiger partial charge >= 0.3 is 0 Å². The zero-order chi connectivity index (χ0) is 13.2. The second-order valence-electron chi connectivity index (χ2n) is 4.38. The van der Waals surface area contributed by atoms with E-state index in [0.29, 0.717) is 0 Å². The van der Waals surface area contributed by atoms with Crippen LogP contribution in [0.5, 0.6) is 0 Å². The average Bonchev–Trinajstić information content (AvgIpc) is 2.74. The summed E-state index contributed by atoms with van der Waals surface area (Å²) in [4.78, 5) is 13.7. The molecule has 2 heteroatoms. The monoisotopic (exact) mass is 266 g/mol. The van der Waals surface area contributed by atoms with E-state index in [4.69, 9.17) is 0 Å². The fourth-order valence-corrected chi connectivity index (χ4v) is 3.39. The van der Waals surface area contributed by atoms with Gasteiger partial charge in [0.25, 0.3) is 0 Å². The molecule has 1 aliphatic carbocycles. The SMILES string of the molecule is CCSC1=C(c2ccccc2)C(=O)c2ccccc21. The number of hydrogen-bond acceptors (Lipinski definition) is 2. The lowest BCUT2D eigenvalue weighted by Gasteiger charge is -2.05. The Hall–Kier alpha value is -1.80. The lowest BCUT2D eigenvalue weighted by Crippen LogP contribution is -1.97. The highest BCUT2D eigenvalue weighted by Gasteiger charge is 2.29. The molecule has 0 saturated heterocycles. The molecular weight excluding hydrogens is 252 g/mol.